The number of rotatable bonds is 13. The fourth-order valence-corrected chi connectivity index (χ4v) is 3.99. The second kappa shape index (κ2) is 11.9. The molecule has 0 radical (unpaired) electrons. The van der Waals surface area contributed by atoms with Crippen molar-refractivity contribution >= 4 is 18.1 Å². The molecule has 31 heavy (non-hydrogen) atoms. The number of aromatic nitrogens is 2. The van der Waals surface area contributed by atoms with Gasteiger partial charge in [0.15, 0.2) is 0 Å². The first kappa shape index (κ1) is 25.0. The van der Waals surface area contributed by atoms with Crippen molar-refractivity contribution in [2.75, 3.05) is 27.7 Å². The average molecular weight is 429 g/mol. The topological polar surface area (TPSA) is 68.9 Å². The molecule has 0 saturated heterocycles. The number of aromatic amines is 2. The van der Waals surface area contributed by atoms with Gasteiger partial charge in [-0.3, -0.25) is 4.79 Å². The summed E-state index contributed by atoms with van der Waals surface area (Å²) in [5.41, 5.74) is 4.97. The van der Waals surface area contributed by atoms with E-state index in [0.717, 1.165) is 53.1 Å². The van der Waals surface area contributed by atoms with Crippen molar-refractivity contribution < 1.29 is 14.4 Å². The lowest BCUT2D eigenvalue weighted by molar-refractivity contribution is -0.870. The number of H-pyrrole nitrogens is 2. The van der Waals surface area contributed by atoms with E-state index in [2.05, 4.69) is 63.2 Å². The molecule has 3 N–H and O–H groups in total. The van der Waals surface area contributed by atoms with Crippen molar-refractivity contribution in [3.8, 4) is 0 Å². The van der Waals surface area contributed by atoms with Crippen LogP contribution in [0.5, 0.6) is 0 Å². The third kappa shape index (κ3) is 9.18. The van der Waals surface area contributed by atoms with Crippen molar-refractivity contribution in [2.45, 2.75) is 71.6 Å². The van der Waals surface area contributed by atoms with E-state index in [9.17, 15) is 4.79 Å². The molecule has 172 valence electrons. The number of quaternary nitrogens is 1. The first-order valence-electron chi connectivity index (χ1n) is 11.8. The van der Waals surface area contributed by atoms with E-state index < -0.39 is 5.97 Å². The van der Waals surface area contributed by atoms with E-state index in [1.54, 1.807) is 6.08 Å². The van der Waals surface area contributed by atoms with Crippen LogP contribution in [0.4, 0.5) is 0 Å². The van der Waals surface area contributed by atoms with Crippen molar-refractivity contribution in [2.24, 2.45) is 0 Å². The summed E-state index contributed by atoms with van der Waals surface area (Å²) in [6.07, 6.45) is 13.5. The molecule has 0 unspecified atom stereocenters. The van der Waals surface area contributed by atoms with Crippen LogP contribution in [0.25, 0.3) is 12.2 Å². The predicted molar refractivity (Wildman–Crippen MR) is 130 cm³/mol. The molecule has 0 fully saturated rings. The Balaban J connectivity index is 2.27. The fraction of sp³-hybridized carbons (Fsp3) is 0.577. The Labute approximate surface area is 187 Å². The average Bonchev–Trinajstić information content (AvgIpc) is 3.22. The third-order valence-corrected chi connectivity index (χ3v) is 5.63. The van der Waals surface area contributed by atoms with E-state index in [-0.39, 0.29) is 6.42 Å². The van der Waals surface area contributed by atoms with Crippen LogP contribution in [0.2, 0.25) is 0 Å². The molecular formula is C26H42N3O2+. The quantitative estimate of drug-likeness (QED) is 0.335. The highest BCUT2D eigenvalue weighted by molar-refractivity contribution is 5.72. The van der Waals surface area contributed by atoms with Crippen molar-refractivity contribution in [1.29, 1.82) is 0 Å². The second-order valence-electron chi connectivity index (χ2n) is 9.78. The first-order valence-corrected chi connectivity index (χ1v) is 11.8. The molecule has 0 bridgehead atoms. The molecule has 0 aliphatic rings. The molecule has 0 aromatic carbocycles. The SMILES string of the molecule is CCCCCCCc1c/c(=C\CC(=O)O)[nH]/c1=C\c1[nH]c(C)cc1CCC[N+](C)(C)C. The summed E-state index contributed by atoms with van der Waals surface area (Å²) in [6, 6.07) is 4.38. The van der Waals surface area contributed by atoms with Gasteiger partial charge in [0, 0.05) is 28.5 Å². The number of unbranched alkanes of at least 4 members (excludes halogenated alkanes) is 4. The lowest BCUT2D eigenvalue weighted by atomic mass is 10.1. The Bertz CT molecular complexity index is 944. The zero-order valence-electron chi connectivity index (χ0n) is 20.2. The van der Waals surface area contributed by atoms with E-state index in [1.807, 2.05) is 0 Å². The first-order chi connectivity index (χ1) is 14.7. The van der Waals surface area contributed by atoms with Gasteiger partial charge < -0.3 is 19.6 Å². The Hall–Kier alpha value is -2.27. The number of hydrogen-bond donors (Lipinski definition) is 3. The van der Waals surface area contributed by atoms with Crippen molar-refractivity contribution in [3.63, 3.8) is 0 Å². The number of nitrogens with one attached hydrogen (secondary N) is 2. The number of carboxylic acids is 1. The lowest BCUT2D eigenvalue weighted by Gasteiger charge is -2.23. The van der Waals surface area contributed by atoms with Gasteiger partial charge in [0.25, 0.3) is 0 Å². The monoisotopic (exact) mass is 428 g/mol. The van der Waals surface area contributed by atoms with Crippen LogP contribution in [0.15, 0.2) is 12.1 Å². The highest BCUT2D eigenvalue weighted by atomic mass is 16.4. The predicted octanol–water partition coefficient (Wildman–Crippen LogP) is 3.89. The van der Waals surface area contributed by atoms with E-state index in [0.29, 0.717) is 0 Å². The molecule has 0 amide bonds. The summed E-state index contributed by atoms with van der Waals surface area (Å²) in [5, 5.41) is 11.0. The number of carbonyl (C=O) groups is 1. The Kier molecular flexibility index (Phi) is 9.63. The van der Waals surface area contributed by atoms with Gasteiger partial charge in [-0.1, -0.05) is 32.6 Å². The van der Waals surface area contributed by atoms with Crippen LogP contribution < -0.4 is 10.7 Å². The number of carboxylic acid groups (broad SMARTS) is 1. The summed E-state index contributed by atoms with van der Waals surface area (Å²) in [6.45, 7) is 5.49. The fourth-order valence-electron chi connectivity index (χ4n) is 3.99. The molecule has 0 saturated carbocycles. The molecule has 2 heterocycles. The highest BCUT2D eigenvalue weighted by Crippen LogP contribution is 2.15. The zero-order valence-corrected chi connectivity index (χ0v) is 20.2. The standard InChI is InChI=1S/C26H41N3O2/c1-6-7-8-9-10-12-22-18-23(14-15-26(30)31)28-25(22)19-24-21(17-20(2)27-24)13-11-16-29(3,4)5/h14,17-19,27-28H,6-13,15-16H2,1-5H3/p+1/b23-14+,25-19-. The minimum atomic E-state index is -0.805. The van der Waals surface area contributed by atoms with Crippen LogP contribution in [-0.2, 0) is 17.6 Å². The summed E-state index contributed by atoms with van der Waals surface area (Å²) in [4.78, 5) is 18.0. The molecular weight excluding hydrogens is 386 g/mol. The highest BCUT2D eigenvalue weighted by Gasteiger charge is 2.10. The van der Waals surface area contributed by atoms with Gasteiger partial charge in [-0.2, -0.15) is 0 Å². The maximum absolute atomic E-state index is 11.0. The Morgan fingerprint density at radius 3 is 2.39 bits per heavy atom. The summed E-state index contributed by atoms with van der Waals surface area (Å²) in [5.74, 6) is -0.805. The van der Waals surface area contributed by atoms with E-state index in [1.165, 1.54) is 42.5 Å². The summed E-state index contributed by atoms with van der Waals surface area (Å²) in [7, 11) is 6.70. The van der Waals surface area contributed by atoms with Gasteiger partial charge in [-0.15, -0.1) is 0 Å². The van der Waals surface area contributed by atoms with Gasteiger partial charge in [-0.25, -0.2) is 0 Å². The molecule has 5 heteroatoms. The van der Waals surface area contributed by atoms with Gasteiger partial charge >= 0.3 is 5.97 Å². The number of aliphatic carboxylic acids is 1. The van der Waals surface area contributed by atoms with E-state index >= 15 is 0 Å². The maximum Gasteiger partial charge on any atom is 0.307 e. The number of hydrogen-bond acceptors (Lipinski definition) is 1. The van der Waals surface area contributed by atoms with Gasteiger partial charge in [0.05, 0.1) is 34.1 Å². The molecule has 0 aliphatic carbocycles. The molecule has 5 nitrogen and oxygen atoms in total. The molecule has 0 spiro atoms. The number of nitrogens with zero attached hydrogens (tertiary/aromatic N) is 1. The lowest BCUT2D eigenvalue weighted by Crippen LogP contribution is -2.35. The molecule has 0 atom stereocenters. The molecule has 2 aromatic heterocycles. The zero-order chi connectivity index (χ0) is 22.9. The second-order valence-corrected chi connectivity index (χ2v) is 9.78. The van der Waals surface area contributed by atoms with E-state index in [4.69, 9.17) is 5.11 Å². The molecule has 2 rings (SSSR count). The van der Waals surface area contributed by atoms with Crippen LogP contribution in [0, 0.1) is 6.92 Å². The van der Waals surface area contributed by atoms with Gasteiger partial charge in [0.1, 0.15) is 0 Å². The Morgan fingerprint density at radius 2 is 1.71 bits per heavy atom. The smallest absolute Gasteiger partial charge is 0.307 e. The third-order valence-electron chi connectivity index (χ3n) is 5.63. The normalized spacial score (nSPS) is 13.3. The van der Waals surface area contributed by atoms with Crippen LogP contribution in [0.1, 0.15) is 74.4 Å². The largest absolute Gasteiger partial charge is 0.481 e. The maximum atomic E-state index is 11.0. The van der Waals surface area contributed by atoms with Crippen LogP contribution in [-0.4, -0.2) is 53.2 Å². The van der Waals surface area contributed by atoms with Crippen LogP contribution >= 0.6 is 0 Å². The summed E-state index contributed by atoms with van der Waals surface area (Å²) < 4.78 is 0.976. The molecule has 2 aromatic rings. The minimum absolute atomic E-state index is 0.0355. The minimum Gasteiger partial charge on any atom is -0.481 e. The van der Waals surface area contributed by atoms with Crippen molar-refractivity contribution in [1.82, 2.24) is 9.97 Å². The van der Waals surface area contributed by atoms with Gasteiger partial charge in [0.2, 0.25) is 0 Å². The van der Waals surface area contributed by atoms with Crippen molar-refractivity contribution in [3.05, 3.63) is 45.3 Å². The molecule has 0 aliphatic heterocycles. The number of aryl methyl sites for hydroxylation is 3. The summed E-state index contributed by atoms with van der Waals surface area (Å²) >= 11 is 0. The van der Waals surface area contributed by atoms with Gasteiger partial charge in [-0.05, 0) is 61.6 Å². The van der Waals surface area contributed by atoms with Crippen LogP contribution in [0.3, 0.4) is 0 Å². The Morgan fingerprint density at radius 1 is 1.00 bits per heavy atom.